The van der Waals surface area contributed by atoms with E-state index in [1.54, 1.807) is 19.2 Å². The van der Waals surface area contributed by atoms with Crippen LogP contribution >= 0.6 is 11.6 Å². The lowest BCUT2D eigenvalue weighted by Gasteiger charge is -2.03. The molecule has 0 radical (unpaired) electrons. The van der Waals surface area contributed by atoms with Gasteiger partial charge in [0.25, 0.3) is 0 Å². The number of nitrogen functional groups attached to an aromatic ring is 1. The fraction of sp³-hybridized carbons (Fsp3) is 0.100. The van der Waals surface area contributed by atoms with E-state index in [-0.39, 0.29) is 0 Å². The molecule has 0 aliphatic rings. The average Bonchev–Trinajstić information content (AvgIpc) is 2.58. The van der Waals surface area contributed by atoms with Gasteiger partial charge in [-0.25, -0.2) is 9.67 Å². The number of nitrogens with two attached hydrogens (primary N) is 1. The zero-order chi connectivity index (χ0) is 11.7. The van der Waals surface area contributed by atoms with Gasteiger partial charge in [0.05, 0.1) is 28.2 Å². The Morgan fingerprint density at radius 2 is 2.31 bits per heavy atom. The van der Waals surface area contributed by atoms with Crippen LogP contribution in [0.4, 0.5) is 5.69 Å². The molecule has 80 valence electrons. The minimum Gasteiger partial charge on any atom is -0.396 e. The van der Waals surface area contributed by atoms with Gasteiger partial charge in [-0.2, -0.15) is 10.4 Å². The summed E-state index contributed by atoms with van der Waals surface area (Å²) in [7, 11) is 0. The zero-order valence-electron chi connectivity index (χ0n) is 8.48. The van der Waals surface area contributed by atoms with E-state index in [2.05, 4.69) is 10.1 Å². The number of rotatable bonds is 1. The predicted octanol–water partition coefficient (Wildman–Crippen LogP) is 1.68. The van der Waals surface area contributed by atoms with E-state index >= 15 is 0 Å². The van der Waals surface area contributed by atoms with Crippen molar-refractivity contribution in [3.05, 3.63) is 34.7 Å². The van der Waals surface area contributed by atoms with Crippen molar-refractivity contribution in [3.8, 4) is 11.9 Å². The predicted molar refractivity (Wildman–Crippen MR) is 60.2 cm³/mol. The lowest BCUT2D eigenvalue weighted by Crippen LogP contribution is -2.03. The highest BCUT2D eigenvalue weighted by Crippen LogP contribution is 2.19. The van der Waals surface area contributed by atoms with Crippen LogP contribution in [0, 0.1) is 18.3 Å². The van der Waals surface area contributed by atoms with Crippen LogP contribution in [-0.4, -0.2) is 14.8 Å². The van der Waals surface area contributed by atoms with Gasteiger partial charge in [0, 0.05) is 6.20 Å². The molecule has 0 aromatic carbocycles. The van der Waals surface area contributed by atoms with Gasteiger partial charge in [-0.1, -0.05) is 11.6 Å². The van der Waals surface area contributed by atoms with E-state index in [1.807, 2.05) is 6.07 Å². The maximum absolute atomic E-state index is 8.68. The minimum atomic E-state index is 0.387. The van der Waals surface area contributed by atoms with E-state index in [9.17, 15) is 0 Å². The number of pyridine rings is 1. The smallest absolute Gasteiger partial charge is 0.176 e. The van der Waals surface area contributed by atoms with Gasteiger partial charge >= 0.3 is 0 Å². The molecule has 0 unspecified atom stereocenters. The molecule has 16 heavy (non-hydrogen) atoms. The number of hydrogen-bond acceptors (Lipinski definition) is 4. The van der Waals surface area contributed by atoms with E-state index < -0.39 is 0 Å². The molecule has 0 spiro atoms. The van der Waals surface area contributed by atoms with Crippen molar-refractivity contribution in [2.24, 2.45) is 0 Å². The summed E-state index contributed by atoms with van der Waals surface area (Å²) in [6, 6.07) is 3.51. The second-order valence-corrected chi connectivity index (χ2v) is 3.66. The largest absolute Gasteiger partial charge is 0.396 e. The fourth-order valence-corrected chi connectivity index (χ4v) is 1.40. The molecule has 2 rings (SSSR count). The van der Waals surface area contributed by atoms with Gasteiger partial charge in [-0.05, 0) is 13.0 Å². The first kappa shape index (κ1) is 10.5. The molecule has 0 saturated heterocycles. The summed E-state index contributed by atoms with van der Waals surface area (Å²) in [5, 5.41) is 13.4. The molecule has 0 aliphatic carbocycles. The molecular formula is C10H8ClN5. The summed E-state index contributed by atoms with van der Waals surface area (Å²) in [5.74, 6) is 0.467. The monoisotopic (exact) mass is 233 g/mol. The Morgan fingerprint density at radius 3 is 2.81 bits per heavy atom. The van der Waals surface area contributed by atoms with E-state index in [4.69, 9.17) is 22.6 Å². The van der Waals surface area contributed by atoms with Crippen LogP contribution in [0.15, 0.2) is 18.5 Å². The average molecular weight is 234 g/mol. The number of hydrogen-bond donors (Lipinski definition) is 1. The molecule has 0 aliphatic heterocycles. The Balaban J connectivity index is 2.53. The first-order valence-electron chi connectivity index (χ1n) is 4.49. The molecule has 2 aromatic heterocycles. The molecule has 6 heteroatoms. The van der Waals surface area contributed by atoms with Crippen molar-refractivity contribution in [1.82, 2.24) is 14.8 Å². The number of nitriles is 1. The third-order valence-corrected chi connectivity index (χ3v) is 2.45. The molecule has 2 N–H and O–H groups in total. The van der Waals surface area contributed by atoms with Gasteiger partial charge in [-0.15, -0.1) is 0 Å². The Hall–Kier alpha value is -2.06. The number of nitrogens with zero attached hydrogens (tertiary/aromatic N) is 4. The maximum atomic E-state index is 8.68. The molecule has 5 nitrogen and oxygen atoms in total. The standard InChI is InChI=1S/C10H8ClN5/c1-6-8(11)5-16(15-6)10-9(13)2-7(3-12)4-14-10/h2,4-5H,13H2,1H3. The van der Waals surface area contributed by atoms with Crippen LogP contribution in [0.1, 0.15) is 11.3 Å². The van der Waals surface area contributed by atoms with Crippen LogP contribution in [0.25, 0.3) is 5.82 Å². The highest BCUT2D eigenvalue weighted by Gasteiger charge is 2.08. The fourth-order valence-electron chi connectivity index (χ4n) is 1.27. The summed E-state index contributed by atoms with van der Waals surface area (Å²) < 4.78 is 1.49. The Morgan fingerprint density at radius 1 is 1.56 bits per heavy atom. The molecule has 0 bridgehead atoms. The van der Waals surface area contributed by atoms with Gasteiger partial charge in [0.2, 0.25) is 0 Å². The third kappa shape index (κ3) is 1.71. The van der Waals surface area contributed by atoms with Crippen LogP contribution in [0.3, 0.4) is 0 Å². The van der Waals surface area contributed by atoms with E-state index in [0.717, 1.165) is 0 Å². The van der Waals surface area contributed by atoms with E-state index in [0.29, 0.717) is 27.8 Å². The van der Waals surface area contributed by atoms with Crippen LogP contribution < -0.4 is 5.73 Å². The van der Waals surface area contributed by atoms with Crippen molar-refractivity contribution in [1.29, 1.82) is 5.26 Å². The number of aryl methyl sites for hydroxylation is 1. The number of aromatic nitrogens is 3. The molecule has 0 fully saturated rings. The highest BCUT2D eigenvalue weighted by molar-refractivity contribution is 6.31. The normalized spacial score (nSPS) is 10.1. The molecular weight excluding hydrogens is 226 g/mol. The summed E-state index contributed by atoms with van der Waals surface area (Å²) in [6.45, 7) is 1.79. The zero-order valence-corrected chi connectivity index (χ0v) is 9.23. The van der Waals surface area contributed by atoms with Crippen LogP contribution in [-0.2, 0) is 0 Å². The summed E-state index contributed by atoms with van der Waals surface area (Å²) in [4.78, 5) is 4.07. The van der Waals surface area contributed by atoms with Gasteiger partial charge in [-0.3, -0.25) is 0 Å². The molecule has 0 atom stereocenters. The van der Waals surface area contributed by atoms with Crippen LogP contribution in [0.5, 0.6) is 0 Å². The van der Waals surface area contributed by atoms with Crippen molar-refractivity contribution < 1.29 is 0 Å². The summed E-state index contributed by atoms with van der Waals surface area (Å²) in [5.41, 5.74) is 7.27. The van der Waals surface area contributed by atoms with Crippen molar-refractivity contribution in [2.45, 2.75) is 6.92 Å². The number of anilines is 1. The molecule has 2 heterocycles. The Bertz CT molecular complexity index is 562. The summed E-state index contributed by atoms with van der Waals surface area (Å²) >= 11 is 5.89. The third-order valence-electron chi connectivity index (χ3n) is 2.08. The Labute approximate surface area is 97.1 Å². The first-order valence-corrected chi connectivity index (χ1v) is 4.87. The summed E-state index contributed by atoms with van der Waals surface area (Å²) in [6.07, 6.45) is 3.07. The SMILES string of the molecule is Cc1nn(-c2ncc(C#N)cc2N)cc1Cl. The van der Waals surface area contributed by atoms with Gasteiger partial charge in [0.15, 0.2) is 5.82 Å². The molecule has 0 amide bonds. The highest BCUT2D eigenvalue weighted by atomic mass is 35.5. The van der Waals surface area contributed by atoms with Crippen molar-refractivity contribution in [2.75, 3.05) is 5.73 Å². The molecule has 0 saturated carbocycles. The lowest BCUT2D eigenvalue weighted by molar-refractivity contribution is 0.835. The second-order valence-electron chi connectivity index (χ2n) is 3.26. The van der Waals surface area contributed by atoms with Gasteiger partial charge < -0.3 is 5.73 Å². The first-order chi connectivity index (χ1) is 7.61. The van der Waals surface area contributed by atoms with E-state index in [1.165, 1.54) is 10.9 Å². The van der Waals surface area contributed by atoms with Crippen molar-refractivity contribution in [3.63, 3.8) is 0 Å². The number of halogens is 1. The minimum absolute atomic E-state index is 0.387. The van der Waals surface area contributed by atoms with Gasteiger partial charge in [0.1, 0.15) is 6.07 Å². The maximum Gasteiger partial charge on any atom is 0.176 e. The van der Waals surface area contributed by atoms with Crippen molar-refractivity contribution >= 4 is 17.3 Å². The van der Waals surface area contributed by atoms with Crippen LogP contribution in [0.2, 0.25) is 5.02 Å². The lowest BCUT2D eigenvalue weighted by atomic mass is 10.3. The topological polar surface area (TPSA) is 80.5 Å². The quantitative estimate of drug-likeness (QED) is 0.813. The Kier molecular flexibility index (Phi) is 2.50. The molecule has 2 aromatic rings. The second kappa shape index (κ2) is 3.83.